The average Bonchev–Trinajstić information content (AvgIpc) is 2.54. The van der Waals surface area contributed by atoms with E-state index in [-0.39, 0.29) is 17.2 Å². The molecule has 0 saturated heterocycles. The normalized spacial score (nSPS) is 11.8. The molecule has 0 saturated carbocycles. The van der Waals surface area contributed by atoms with Crippen LogP contribution in [0.1, 0.15) is 17.2 Å². The fourth-order valence-electron chi connectivity index (χ4n) is 2.05. The van der Waals surface area contributed by atoms with Gasteiger partial charge >= 0.3 is 0 Å². The van der Waals surface area contributed by atoms with Crippen LogP contribution in [0.25, 0.3) is 0 Å². The van der Waals surface area contributed by atoms with E-state index < -0.39 is 6.10 Å². The summed E-state index contributed by atoms with van der Waals surface area (Å²) in [7, 11) is 4.47. The molecule has 0 heterocycles. The zero-order valence-electron chi connectivity index (χ0n) is 12.2. The number of aliphatic hydroxyl groups is 1. The highest BCUT2D eigenvalue weighted by molar-refractivity contribution is 5.54. The molecule has 2 rings (SSSR count). The lowest BCUT2D eigenvalue weighted by molar-refractivity contribution is 0.218. The number of phenols is 1. The largest absolute Gasteiger partial charge is 0.502 e. The van der Waals surface area contributed by atoms with E-state index in [0.29, 0.717) is 16.9 Å². The van der Waals surface area contributed by atoms with E-state index in [1.165, 1.54) is 14.2 Å². The molecule has 0 aliphatic rings. The van der Waals surface area contributed by atoms with Gasteiger partial charge in [-0.05, 0) is 35.4 Å². The molecule has 5 heteroatoms. The first-order chi connectivity index (χ1) is 10.1. The lowest BCUT2D eigenvalue weighted by Crippen LogP contribution is -2.01. The first-order valence-electron chi connectivity index (χ1n) is 6.37. The molecule has 2 N–H and O–H groups in total. The highest BCUT2D eigenvalue weighted by Crippen LogP contribution is 2.39. The van der Waals surface area contributed by atoms with Gasteiger partial charge in [0, 0.05) is 0 Å². The third kappa shape index (κ3) is 3.03. The standard InChI is InChI=1S/C16H18O5/c1-19-12-6-4-10(5-7-12)15(17)11-8-13(20-2)16(18)14(9-11)21-3/h4-9,15,17-18H,1-3H3. The summed E-state index contributed by atoms with van der Waals surface area (Å²) in [5, 5.41) is 20.3. The van der Waals surface area contributed by atoms with Crippen molar-refractivity contribution in [3.63, 3.8) is 0 Å². The lowest BCUT2D eigenvalue weighted by Gasteiger charge is -2.16. The minimum absolute atomic E-state index is 0.0920. The summed E-state index contributed by atoms with van der Waals surface area (Å²) in [5.41, 5.74) is 1.26. The van der Waals surface area contributed by atoms with E-state index in [2.05, 4.69) is 0 Å². The predicted molar refractivity (Wildman–Crippen MR) is 78.3 cm³/mol. The summed E-state index contributed by atoms with van der Waals surface area (Å²) >= 11 is 0. The number of hydrogen-bond acceptors (Lipinski definition) is 5. The van der Waals surface area contributed by atoms with Gasteiger partial charge in [0.05, 0.1) is 21.3 Å². The van der Waals surface area contributed by atoms with Gasteiger partial charge in [0.15, 0.2) is 11.5 Å². The highest BCUT2D eigenvalue weighted by atomic mass is 16.5. The third-order valence-corrected chi connectivity index (χ3v) is 3.25. The summed E-state index contributed by atoms with van der Waals surface area (Å²) in [6.45, 7) is 0. The minimum atomic E-state index is -0.862. The van der Waals surface area contributed by atoms with Crippen molar-refractivity contribution < 1.29 is 24.4 Å². The Balaban J connectivity index is 2.39. The Kier molecular flexibility index (Phi) is 4.55. The second kappa shape index (κ2) is 6.37. The van der Waals surface area contributed by atoms with E-state index in [0.717, 1.165) is 0 Å². The Morgan fingerprint density at radius 3 is 1.76 bits per heavy atom. The maximum Gasteiger partial charge on any atom is 0.200 e. The maximum atomic E-state index is 10.5. The van der Waals surface area contributed by atoms with Crippen molar-refractivity contribution in [1.29, 1.82) is 0 Å². The van der Waals surface area contributed by atoms with Gasteiger partial charge in [0.2, 0.25) is 5.75 Å². The average molecular weight is 290 g/mol. The van der Waals surface area contributed by atoms with Crippen LogP contribution in [0.2, 0.25) is 0 Å². The van der Waals surface area contributed by atoms with Gasteiger partial charge in [-0.25, -0.2) is 0 Å². The Bertz CT molecular complexity index is 582. The summed E-state index contributed by atoms with van der Waals surface area (Å²) in [4.78, 5) is 0. The zero-order chi connectivity index (χ0) is 15.4. The maximum absolute atomic E-state index is 10.5. The van der Waals surface area contributed by atoms with Gasteiger partial charge in [-0.2, -0.15) is 0 Å². The molecule has 5 nitrogen and oxygen atoms in total. The molecule has 0 aliphatic heterocycles. The monoisotopic (exact) mass is 290 g/mol. The van der Waals surface area contributed by atoms with Crippen LogP contribution in [0.4, 0.5) is 0 Å². The van der Waals surface area contributed by atoms with Gasteiger partial charge in [-0.1, -0.05) is 12.1 Å². The van der Waals surface area contributed by atoms with Crippen LogP contribution >= 0.6 is 0 Å². The first-order valence-corrected chi connectivity index (χ1v) is 6.37. The smallest absolute Gasteiger partial charge is 0.200 e. The molecule has 0 fully saturated rings. The van der Waals surface area contributed by atoms with Crippen LogP contribution in [0.3, 0.4) is 0 Å². The molecule has 1 unspecified atom stereocenters. The topological polar surface area (TPSA) is 68.2 Å². The Hall–Kier alpha value is -2.40. The quantitative estimate of drug-likeness (QED) is 0.885. The number of aromatic hydroxyl groups is 1. The summed E-state index contributed by atoms with van der Waals surface area (Å²) in [6.07, 6.45) is -0.862. The second-order valence-corrected chi connectivity index (χ2v) is 4.45. The number of hydrogen-bond donors (Lipinski definition) is 2. The van der Waals surface area contributed by atoms with E-state index in [9.17, 15) is 10.2 Å². The number of rotatable bonds is 5. The SMILES string of the molecule is COc1ccc(C(O)c2cc(OC)c(O)c(OC)c2)cc1. The van der Waals surface area contributed by atoms with Gasteiger partial charge in [-0.15, -0.1) is 0 Å². The van der Waals surface area contributed by atoms with Crippen molar-refractivity contribution in [1.82, 2.24) is 0 Å². The first kappa shape index (κ1) is 15.0. The third-order valence-electron chi connectivity index (χ3n) is 3.25. The van der Waals surface area contributed by atoms with Crippen molar-refractivity contribution >= 4 is 0 Å². The molecule has 2 aromatic carbocycles. The van der Waals surface area contributed by atoms with Crippen molar-refractivity contribution in [2.24, 2.45) is 0 Å². The van der Waals surface area contributed by atoms with E-state index in [4.69, 9.17) is 14.2 Å². The van der Waals surface area contributed by atoms with Crippen LogP contribution < -0.4 is 14.2 Å². The molecule has 0 bridgehead atoms. The fourth-order valence-corrected chi connectivity index (χ4v) is 2.05. The Labute approximate surface area is 123 Å². The van der Waals surface area contributed by atoms with Gasteiger partial charge in [-0.3, -0.25) is 0 Å². The molecule has 0 aliphatic carbocycles. The number of aliphatic hydroxyl groups excluding tert-OH is 1. The van der Waals surface area contributed by atoms with E-state index in [1.807, 2.05) is 0 Å². The highest BCUT2D eigenvalue weighted by Gasteiger charge is 2.17. The molecule has 0 spiro atoms. The molecule has 0 radical (unpaired) electrons. The predicted octanol–water partition coefficient (Wildman–Crippen LogP) is 2.50. The van der Waals surface area contributed by atoms with Crippen LogP contribution in [-0.4, -0.2) is 31.5 Å². The van der Waals surface area contributed by atoms with E-state index >= 15 is 0 Å². The number of benzene rings is 2. The van der Waals surface area contributed by atoms with Crippen LogP contribution in [0, 0.1) is 0 Å². The Morgan fingerprint density at radius 1 is 0.810 bits per heavy atom. The van der Waals surface area contributed by atoms with Crippen LogP contribution in [-0.2, 0) is 0 Å². The number of phenolic OH excluding ortho intramolecular Hbond substituents is 1. The van der Waals surface area contributed by atoms with Gasteiger partial charge in [0.1, 0.15) is 11.9 Å². The van der Waals surface area contributed by atoms with Crippen LogP contribution in [0.15, 0.2) is 36.4 Å². The minimum Gasteiger partial charge on any atom is -0.502 e. The zero-order valence-corrected chi connectivity index (χ0v) is 12.2. The molecule has 0 aromatic heterocycles. The summed E-state index contributed by atoms with van der Waals surface area (Å²) < 4.78 is 15.3. The molecule has 0 amide bonds. The summed E-state index contributed by atoms with van der Waals surface area (Å²) in [6, 6.07) is 10.2. The number of ether oxygens (including phenoxy) is 3. The second-order valence-electron chi connectivity index (χ2n) is 4.45. The molecule has 1 atom stereocenters. The number of methoxy groups -OCH3 is 3. The Morgan fingerprint density at radius 2 is 1.33 bits per heavy atom. The van der Waals surface area contributed by atoms with Gasteiger partial charge < -0.3 is 24.4 Å². The van der Waals surface area contributed by atoms with E-state index in [1.54, 1.807) is 43.5 Å². The van der Waals surface area contributed by atoms with Crippen LogP contribution in [0.5, 0.6) is 23.0 Å². The molecule has 21 heavy (non-hydrogen) atoms. The molecular formula is C16H18O5. The lowest BCUT2D eigenvalue weighted by atomic mass is 10.0. The van der Waals surface area contributed by atoms with Crippen molar-refractivity contribution in [3.05, 3.63) is 47.5 Å². The van der Waals surface area contributed by atoms with Gasteiger partial charge in [0.25, 0.3) is 0 Å². The fraction of sp³-hybridized carbons (Fsp3) is 0.250. The van der Waals surface area contributed by atoms with Crippen molar-refractivity contribution in [2.45, 2.75) is 6.10 Å². The molecular weight excluding hydrogens is 272 g/mol. The van der Waals surface area contributed by atoms with Crippen molar-refractivity contribution in [3.8, 4) is 23.0 Å². The van der Waals surface area contributed by atoms with Crippen molar-refractivity contribution in [2.75, 3.05) is 21.3 Å². The summed E-state index contributed by atoms with van der Waals surface area (Å²) in [5.74, 6) is 1.12. The molecule has 112 valence electrons. The molecule has 2 aromatic rings.